The van der Waals surface area contributed by atoms with E-state index in [0.29, 0.717) is 19.1 Å². The Morgan fingerprint density at radius 2 is 2.07 bits per heavy atom. The maximum absolute atomic E-state index is 5.76. The minimum absolute atomic E-state index is 0.654. The van der Waals surface area contributed by atoms with Gasteiger partial charge in [0.25, 0.3) is 0 Å². The lowest BCUT2D eigenvalue weighted by atomic mass is 9.97. The highest BCUT2D eigenvalue weighted by atomic mass is 16.5. The van der Waals surface area contributed by atoms with Gasteiger partial charge in [-0.15, -0.1) is 0 Å². The van der Waals surface area contributed by atoms with Crippen LogP contribution in [0.2, 0.25) is 0 Å². The molecule has 0 bridgehead atoms. The molecule has 6 nitrogen and oxygen atoms in total. The first-order valence-corrected chi connectivity index (χ1v) is 10.2. The number of methoxy groups -OCH3 is 1. The smallest absolute Gasteiger partial charge is 0.195 e. The molecule has 0 saturated carbocycles. The van der Waals surface area contributed by atoms with Crippen LogP contribution in [0.15, 0.2) is 29.3 Å². The summed E-state index contributed by atoms with van der Waals surface area (Å²) in [5, 5.41) is 6.84. The number of piperidine rings is 1. The highest BCUT2D eigenvalue weighted by molar-refractivity contribution is 5.93. The predicted octanol–water partition coefficient (Wildman–Crippen LogP) is 3.21. The summed E-state index contributed by atoms with van der Waals surface area (Å²) in [4.78, 5) is 6.93. The third-order valence-electron chi connectivity index (χ3n) is 4.89. The van der Waals surface area contributed by atoms with E-state index < -0.39 is 0 Å². The van der Waals surface area contributed by atoms with Gasteiger partial charge in [0, 0.05) is 45.5 Å². The van der Waals surface area contributed by atoms with E-state index in [4.69, 9.17) is 9.47 Å². The minimum atomic E-state index is 0.654. The molecular weight excluding hydrogens is 340 g/mol. The Hall–Kier alpha value is -1.79. The van der Waals surface area contributed by atoms with Crippen molar-refractivity contribution >= 4 is 11.6 Å². The molecule has 0 aromatic heterocycles. The number of hydrogen-bond donors (Lipinski definition) is 2. The van der Waals surface area contributed by atoms with Crippen LogP contribution in [0.25, 0.3) is 0 Å². The van der Waals surface area contributed by atoms with Crippen LogP contribution in [0.1, 0.15) is 32.6 Å². The molecule has 6 heteroatoms. The predicted molar refractivity (Wildman–Crippen MR) is 113 cm³/mol. The van der Waals surface area contributed by atoms with Crippen molar-refractivity contribution in [2.75, 3.05) is 58.9 Å². The molecule has 0 unspecified atom stereocenters. The number of aliphatic imine (C=N–C) groups is 1. The summed E-state index contributed by atoms with van der Waals surface area (Å²) in [5.74, 6) is 2.38. The van der Waals surface area contributed by atoms with E-state index in [1.807, 2.05) is 31.3 Å². The second-order valence-corrected chi connectivity index (χ2v) is 7.09. The molecule has 2 rings (SSSR count). The first-order valence-electron chi connectivity index (χ1n) is 10.2. The molecule has 0 aliphatic carbocycles. The number of guanidine groups is 1. The lowest BCUT2D eigenvalue weighted by Gasteiger charge is -2.32. The second kappa shape index (κ2) is 12.6. The topological polar surface area (TPSA) is 58.1 Å². The minimum Gasteiger partial charge on any atom is -0.493 e. The molecule has 0 amide bonds. The molecule has 1 heterocycles. The van der Waals surface area contributed by atoms with E-state index in [1.54, 1.807) is 7.11 Å². The Kier molecular flexibility index (Phi) is 10.0. The first-order chi connectivity index (χ1) is 13.2. The van der Waals surface area contributed by atoms with Gasteiger partial charge in [0.2, 0.25) is 0 Å². The number of rotatable bonds is 10. The molecule has 152 valence electrons. The monoisotopic (exact) mass is 376 g/mol. The van der Waals surface area contributed by atoms with Crippen molar-refractivity contribution in [3.63, 3.8) is 0 Å². The molecule has 1 aromatic carbocycles. The van der Waals surface area contributed by atoms with E-state index in [-0.39, 0.29) is 0 Å². The average molecular weight is 377 g/mol. The number of nitrogens with zero attached hydrogens (tertiary/aromatic N) is 2. The third kappa shape index (κ3) is 8.18. The second-order valence-electron chi connectivity index (χ2n) is 7.09. The van der Waals surface area contributed by atoms with Crippen molar-refractivity contribution < 1.29 is 9.47 Å². The van der Waals surface area contributed by atoms with Crippen LogP contribution in [0.4, 0.5) is 5.69 Å². The van der Waals surface area contributed by atoms with Crippen LogP contribution in [0.3, 0.4) is 0 Å². The maximum atomic E-state index is 5.76. The Morgan fingerprint density at radius 1 is 1.26 bits per heavy atom. The van der Waals surface area contributed by atoms with Gasteiger partial charge in [0.15, 0.2) is 5.96 Å². The van der Waals surface area contributed by atoms with Gasteiger partial charge in [-0.2, -0.15) is 0 Å². The lowest BCUT2D eigenvalue weighted by Crippen LogP contribution is -2.40. The summed E-state index contributed by atoms with van der Waals surface area (Å²) in [5.41, 5.74) is 0.977. The zero-order valence-electron chi connectivity index (χ0n) is 17.2. The number of hydrogen-bond acceptors (Lipinski definition) is 4. The summed E-state index contributed by atoms with van der Waals surface area (Å²) in [7, 11) is 3.52. The van der Waals surface area contributed by atoms with Crippen molar-refractivity contribution in [1.82, 2.24) is 10.2 Å². The van der Waals surface area contributed by atoms with E-state index >= 15 is 0 Å². The molecule has 1 fully saturated rings. The van der Waals surface area contributed by atoms with Crippen LogP contribution >= 0.6 is 0 Å². The normalized spacial score (nSPS) is 16.3. The van der Waals surface area contributed by atoms with Gasteiger partial charge in [0.05, 0.1) is 6.61 Å². The SMILES string of the molecule is CCCN1CCC(CNC(=NC)Nc2cccc(OCCCOC)c2)CC1. The Morgan fingerprint density at radius 3 is 2.78 bits per heavy atom. The molecule has 0 atom stereocenters. The van der Waals surface area contributed by atoms with Gasteiger partial charge in [-0.1, -0.05) is 13.0 Å². The highest BCUT2D eigenvalue weighted by Crippen LogP contribution is 2.18. The standard InChI is InChI=1S/C21H36N4O2/c1-4-11-25-12-9-18(10-13-25)17-23-21(22-2)24-19-7-5-8-20(16-19)27-15-6-14-26-3/h5,7-8,16,18H,4,6,9-15,17H2,1-3H3,(H2,22,23,24). The van der Waals surface area contributed by atoms with E-state index in [1.165, 1.54) is 38.9 Å². The van der Waals surface area contributed by atoms with Crippen LogP contribution in [-0.4, -0.2) is 64.4 Å². The van der Waals surface area contributed by atoms with Crippen molar-refractivity contribution in [3.8, 4) is 5.75 Å². The van der Waals surface area contributed by atoms with Crippen molar-refractivity contribution in [3.05, 3.63) is 24.3 Å². The van der Waals surface area contributed by atoms with Crippen LogP contribution in [0.5, 0.6) is 5.75 Å². The number of likely N-dealkylation sites (tertiary alicyclic amines) is 1. The van der Waals surface area contributed by atoms with E-state index in [2.05, 4.69) is 27.4 Å². The molecule has 1 aromatic rings. The van der Waals surface area contributed by atoms with Gasteiger partial charge >= 0.3 is 0 Å². The summed E-state index contributed by atoms with van der Waals surface area (Å²) in [6.07, 6.45) is 4.65. The van der Waals surface area contributed by atoms with Crippen molar-refractivity contribution in [1.29, 1.82) is 0 Å². The summed E-state index contributed by atoms with van der Waals surface area (Å²) < 4.78 is 10.8. The fourth-order valence-corrected chi connectivity index (χ4v) is 3.34. The Labute approximate surface area is 164 Å². The van der Waals surface area contributed by atoms with Gasteiger partial charge < -0.3 is 25.0 Å². The molecule has 1 aliphatic rings. The molecular formula is C21H36N4O2. The number of benzene rings is 1. The average Bonchev–Trinajstić information content (AvgIpc) is 2.70. The Balaban J connectivity index is 1.75. The molecule has 0 radical (unpaired) electrons. The maximum Gasteiger partial charge on any atom is 0.195 e. The fraction of sp³-hybridized carbons (Fsp3) is 0.667. The van der Waals surface area contributed by atoms with Gasteiger partial charge in [-0.3, -0.25) is 4.99 Å². The zero-order valence-corrected chi connectivity index (χ0v) is 17.2. The van der Waals surface area contributed by atoms with Crippen molar-refractivity contribution in [2.24, 2.45) is 10.9 Å². The molecule has 1 aliphatic heterocycles. The van der Waals surface area contributed by atoms with Crippen LogP contribution in [-0.2, 0) is 4.74 Å². The molecule has 27 heavy (non-hydrogen) atoms. The number of ether oxygens (including phenoxy) is 2. The molecule has 1 saturated heterocycles. The van der Waals surface area contributed by atoms with E-state index in [9.17, 15) is 0 Å². The third-order valence-corrected chi connectivity index (χ3v) is 4.89. The lowest BCUT2D eigenvalue weighted by molar-refractivity contribution is 0.172. The summed E-state index contributed by atoms with van der Waals surface area (Å²) >= 11 is 0. The summed E-state index contributed by atoms with van der Waals surface area (Å²) in [6, 6.07) is 7.99. The van der Waals surface area contributed by atoms with Crippen LogP contribution < -0.4 is 15.4 Å². The van der Waals surface area contributed by atoms with Crippen molar-refractivity contribution in [2.45, 2.75) is 32.6 Å². The highest BCUT2D eigenvalue weighted by Gasteiger charge is 2.18. The fourth-order valence-electron chi connectivity index (χ4n) is 3.34. The molecule has 0 spiro atoms. The number of anilines is 1. The largest absolute Gasteiger partial charge is 0.493 e. The van der Waals surface area contributed by atoms with Gasteiger partial charge in [-0.05, 0) is 56.9 Å². The van der Waals surface area contributed by atoms with Gasteiger partial charge in [0.1, 0.15) is 5.75 Å². The molecule has 2 N–H and O–H groups in total. The first kappa shape index (κ1) is 21.5. The van der Waals surface area contributed by atoms with Crippen LogP contribution in [0, 0.1) is 5.92 Å². The zero-order chi connectivity index (χ0) is 19.3. The quantitative estimate of drug-likeness (QED) is 0.373. The van der Waals surface area contributed by atoms with Gasteiger partial charge in [-0.25, -0.2) is 0 Å². The Bertz CT molecular complexity index is 557. The van der Waals surface area contributed by atoms with E-state index in [0.717, 1.165) is 30.4 Å². The summed E-state index contributed by atoms with van der Waals surface area (Å²) in [6.45, 7) is 8.25. The number of nitrogens with one attached hydrogen (secondary N) is 2.